The number of hydrogen-bond acceptors (Lipinski definition) is 2. The molecule has 2 rings (SSSR count). The Morgan fingerprint density at radius 3 is 2.89 bits per heavy atom. The molecule has 106 valence electrons. The van der Waals surface area contributed by atoms with E-state index in [1.54, 1.807) is 11.1 Å². The number of hydrogen-bond donors (Lipinski definition) is 1. The summed E-state index contributed by atoms with van der Waals surface area (Å²) < 4.78 is 5.73. The van der Waals surface area contributed by atoms with Crippen LogP contribution in [0.1, 0.15) is 50.7 Å². The van der Waals surface area contributed by atoms with Gasteiger partial charge in [0, 0.05) is 19.7 Å². The maximum Gasteiger partial charge on any atom is 0.0750 e. The van der Waals surface area contributed by atoms with Gasteiger partial charge in [-0.05, 0) is 57.1 Å². The van der Waals surface area contributed by atoms with E-state index in [0.29, 0.717) is 5.92 Å². The fraction of sp³-hybridized carbons (Fsp3) is 0.647. The first-order chi connectivity index (χ1) is 9.12. The number of nitrogens with one attached hydrogen (secondary N) is 1. The summed E-state index contributed by atoms with van der Waals surface area (Å²) in [6, 6.07) is 8.91. The van der Waals surface area contributed by atoms with Gasteiger partial charge in [0.1, 0.15) is 0 Å². The second-order valence-electron chi connectivity index (χ2n) is 6.11. The normalized spacial score (nSPS) is 19.2. The van der Waals surface area contributed by atoms with E-state index in [2.05, 4.69) is 50.4 Å². The van der Waals surface area contributed by atoms with Crippen LogP contribution in [-0.2, 0) is 11.2 Å². The van der Waals surface area contributed by atoms with Gasteiger partial charge in [0.25, 0.3) is 0 Å². The highest BCUT2D eigenvalue weighted by Crippen LogP contribution is 2.30. The lowest BCUT2D eigenvalue weighted by atomic mass is 9.83. The largest absolute Gasteiger partial charge is 0.375 e. The van der Waals surface area contributed by atoms with Crippen LogP contribution in [-0.4, -0.2) is 25.3 Å². The molecular formula is C17H27NO. The lowest BCUT2D eigenvalue weighted by Gasteiger charge is -2.29. The third kappa shape index (κ3) is 4.05. The third-order valence-electron chi connectivity index (χ3n) is 3.97. The van der Waals surface area contributed by atoms with Gasteiger partial charge in [-0.2, -0.15) is 0 Å². The van der Waals surface area contributed by atoms with Crippen LogP contribution < -0.4 is 5.32 Å². The zero-order chi connectivity index (χ0) is 13.7. The molecule has 1 aromatic carbocycles. The molecule has 0 saturated carbocycles. The fourth-order valence-corrected chi connectivity index (χ4v) is 3.06. The summed E-state index contributed by atoms with van der Waals surface area (Å²) in [5.41, 5.74) is 3.03. The van der Waals surface area contributed by atoms with Crippen molar-refractivity contribution in [2.24, 2.45) is 0 Å². The molecule has 1 N–H and O–H groups in total. The second-order valence-corrected chi connectivity index (χ2v) is 6.11. The Hall–Kier alpha value is -0.860. The number of ether oxygens (including phenoxy) is 1. The highest BCUT2D eigenvalue weighted by molar-refractivity contribution is 5.32. The minimum atomic E-state index is -0.0665. The smallest absolute Gasteiger partial charge is 0.0750 e. The topological polar surface area (TPSA) is 21.3 Å². The third-order valence-corrected chi connectivity index (χ3v) is 3.97. The zero-order valence-electron chi connectivity index (χ0n) is 12.5. The quantitative estimate of drug-likeness (QED) is 0.846. The van der Waals surface area contributed by atoms with Crippen molar-refractivity contribution in [1.29, 1.82) is 0 Å². The highest BCUT2D eigenvalue weighted by Gasteiger charge is 2.21. The first-order valence-electron chi connectivity index (χ1n) is 7.55. The standard InChI is InChI=1S/C17H27NO/c1-4-19-17(2,3)13-18-12-15-10-7-9-14-8-5-6-11-16(14)15/h5-6,8,11,15,18H,4,7,9-10,12-13H2,1-3H3. The Bertz CT molecular complexity index is 400. The van der Waals surface area contributed by atoms with E-state index in [1.165, 1.54) is 19.3 Å². The maximum atomic E-state index is 5.73. The van der Waals surface area contributed by atoms with Crippen LogP contribution >= 0.6 is 0 Å². The second kappa shape index (κ2) is 6.53. The lowest BCUT2D eigenvalue weighted by molar-refractivity contribution is -0.00891. The Labute approximate surface area is 117 Å². The van der Waals surface area contributed by atoms with Gasteiger partial charge in [0.05, 0.1) is 5.60 Å². The monoisotopic (exact) mass is 261 g/mol. The summed E-state index contributed by atoms with van der Waals surface area (Å²) in [4.78, 5) is 0. The molecule has 19 heavy (non-hydrogen) atoms. The molecule has 2 nitrogen and oxygen atoms in total. The minimum absolute atomic E-state index is 0.0665. The summed E-state index contributed by atoms with van der Waals surface area (Å²) in [5, 5.41) is 3.60. The van der Waals surface area contributed by atoms with Crippen LogP contribution in [0.5, 0.6) is 0 Å². The minimum Gasteiger partial charge on any atom is -0.375 e. The molecule has 0 aromatic heterocycles. The molecule has 1 unspecified atom stereocenters. The van der Waals surface area contributed by atoms with Crippen molar-refractivity contribution in [2.45, 2.75) is 51.6 Å². The van der Waals surface area contributed by atoms with Crippen LogP contribution in [0, 0.1) is 0 Å². The van der Waals surface area contributed by atoms with Crippen molar-refractivity contribution < 1.29 is 4.74 Å². The molecule has 1 aromatic rings. The predicted molar refractivity (Wildman–Crippen MR) is 80.7 cm³/mol. The van der Waals surface area contributed by atoms with Gasteiger partial charge >= 0.3 is 0 Å². The summed E-state index contributed by atoms with van der Waals surface area (Å²) in [7, 11) is 0. The van der Waals surface area contributed by atoms with E-state index < -0.39 is 0 Å². The van der Waals surface area contributed by atoms with E-state index >= 15 is 0 Å². The fourth-order valence-electron chi connectivity index (χ4n) is 3.06. The van der Waals surface area contributed by atoms with Crippen molar-refractivity contribution in [2.75, 3.05) is 19.7 Å². The van der Waals surface area contributed by atoms with Gasteiger partial charge in [-0.1, -0.05) is 24.3 Å². The average molecular weight is 261 g/mol. The van der Waals surface area contributed by atoms with E-state index in [-0.39, 0.29) is 5.60 Å². The summed E-state index contributed by atoms with van der Waals surface area (Å²) in [6.07, 6.45) is 3.87. The van der Waals surface area contributed by atoms with Gasteiger partial charge < -0.3 is 10.1 Å². The van der Waals surface area contributed by atoms with Crippen LogP contribution in [0.3, 0.4) is 0 Å². The zero-order valence-corrected chi connectivity index (χ0v) is 12.5. The van der Waals surface area contributed by atoms with Crippen LogP contribution in [0.15, 0.2) is 24.3 Å². The molecule has 0 saturated heterocycles. The Kier molecular flexibility index (Phi) is 5.00. The van der Waals surface area contributed by atoms with Crippen LogP contribution in [0.25, 0.3) is 0 Å². The number of rotatable bonds is 6. The van der Waals surface area contributed by atoms with Gasteiger partial charge in [-0.15, -0.1) is 0 Å². The Balaban J connectivity index is 1.88. The van der Waals surface area contributed by atoms with E-state index in [0.717, 1.165) is 19.7 Å². The summed E-state index contributed by atoms with van der Waals surface area (Å²) in [5.74, 6) is 0.669. The van der Waals surface area contributed by atoms with Gasteiger partial charge in [0.15, 0.2) is 0 Å². The SMILES string of the molecule is CCOC(C)(C)CNCC1CCCc2ccccc21. The molecule has 1 aliphatic rings. The number of benzene rings is 1. The maximum absolute atomic E-state index is 5.73. The van der Waals surface area contributed by atoms with Gasteiger partial charge in [0.2, 0.25) is 0 Å². The van der Waals surface area contributed by atoms with Gasteiger partial charge in [-0.3, -0.25) is 0 Å². The van der Waals surface area contributed by atoms with Gasteiger partial charge in [-0.25, -0.2) is 0 Å². The van der Waals surface area contributed by atoms with E-state index in [9.17, 15) is 0 Å². The molecule has 1 atom stereocenters. The van der Waals surface area contributed by atoms with Crippen LogP contribution in [0.2, 0.25) is 0 Å². The van der Waals surface area contributed by atoms with Crippen molar-refractivity contribution in [3.8, 4) is 0 Å². The van der Waals surface area contributed by atoms with E-state index in [1.807, 2.05) is 0 Å². The summed E-state index contributed by atoms with van der Waals surface area (Å²) in [6.45, 7) is 9.11. The first-order valence-corrected chi connectivity index (χ1v) is 7.55. The predicted octanol–water partition coefficient (Wildman–Crippen LogP) is 3.51. The molecule has 0 aliphatic heterocycles. The number of aryl methyl sites for hydroxylation is 1. The Morgan fingerprint density at radius 2 is 2.11 bits per heavy atom. The molecule has 0 radical (unpaired) electrons. The molecule has 0 bridgehead atoms. The van der Waals surface area contributed by atoms with Crippen molar-refractivity contribution in [3.05, 3.63) is 35.4 Å². The van der Waals surface area contributed by atoms with E-state index in [4.69, 9.17) is 4.74 Å². The van der Waals surface area contributed by atoms with Crippen molar-refractivity contribution in [3.63, 3.8) is 0 Å². The van der Waals surface area contributed by atoms with Crippen molar-refractivity contribution >= 4 is 0 Å². The van der Waals surface area contributed by atoms with Crippen LogP contribution in [0.4, 0.5) is 0 Å². The highest BCUT2D eigenvalue weighted by atomic mass is 16.5. The average Bonchev–Trinajstić information content (AvgIpc) is 2.39. The van der Waals surface area contributed by atoms with Crippen molar-refractivity contribution in [1.82, 2.24) is 5.32 Å². The Morgan fingerprint density at radius 1 is 1.32 bits per heavy atom. The number of fused-ring (bicyclic) bond motifs is 1. The first kappa shape index (κ1) is 14.5. The molecular weight excluding hydrogens is 234 g/mol. The molecule has 1 aliphatic carbocycles. The summed E-state index contributed by atoms with van der Waals surface area (Å²) >= 11 is 0. The molecule has 0 fully saturated rings. The molecule has 0 spiro atoms. The molecule has 0 amide bonds. The molecule has 2 heteroatoms. The lowest BCUT2D eigenvalue weighted by Crippen LogP contribution is -2.39. The molecule has 0 heterocycles.